The van der Waals surface area contributed by atoms with Crippen LogP contribution < -0.4 is 10.1 Å². The van der Waals surface area contributed by atoms with Gasteiger partial charge >= 0.3 is 0 Å². The molecule has 82 valence electrons. The maximum atomic E-state index is 10.4. The van der Waals surface area contributed by atoms with Gasteiger partial charge in [-0.05, 0) is 6.07 Å². The second kappa shape index (κ2) is 5.19. The summed E-state index contributed by atoms with van der Waals surface area (Å²) in [5, 5.41) is 13.5. The molecule has 0 amide bonds. The first kappa shape index (κ1) is 11.3. The van der Waals surface area contributed by atoms with Crippen molar-refractivity contribution >= 4 is 11.4 Å². The van der Waals surface area contributed by atoms with Crippen LogP contribution in [-0.4, -0.2) is 18.1 Å². The van der Waals surface area contributed by atoms with Gasteiger partial charge in [0.15, 0.2) is 0 Å². The fraction of sp³-hybridized carbons (Fsp3) is 0.400. The number of nitrogens with one attached hydrogen (secondary N) is 1. The molecule has 0 bridgehead atoms. The number of nitro groups is 1. The van der Waals surface area contributed by atoms with Crippen molar-refractivity contribution in [2.45, 2.75) is 13.8 Å². The van der Waals surface area contributed by atoms with Crippen LogP contribution in [0.1, 0.15) is 13.8 Å². The molecule has 0 aromatic heterocycles. The summed E-state index contributed by atoms with van der Waals surface area (Å²) in [6.45, 7) is 5.29. The van der Waals surface area contributed by atoms with Crippen molar-refractivity contribution in [1.29, 1.82) is 0 Å². The van der Waals surface area contributed by atoms with Crippen molar-refractivity contribution in [2.75, 3.05) is 18.5 Å². The van der Waals surface area contributed by atoms with Crippen LogP contribution in [0.2, 0.25) is 0 Å². The minimum absolute atomic E-state index is 0.0803. The summed E-state index contributed by atoms with van der Waals surface area (Å²) in [5.74, 6) is 0.678. The molecule has 0 aliphatic carbocycles. The van der Waals surface area contributed by atoms with E-state index in [4.69, 9.17) is 4.74 Å². The van der Waals surface area contributed by atoms with Gasteiger partial charge in [-0.25, -0.2) is 0 Å². The number of hydrogen-bond acceptors (Lipinski definition) is 4. The minimum atomic E-state index is -0.420. The fourth-order valence-corrected chi connectivity index (χ4v) is 1.24. The van der Waals surface area contributed by atoms with Crippen LogP contribution in [0.3, 0.4) is 0 Å². The van der Waals surface area contributed by atoms with Crippen LogP contribution in [0, 0.1) is 10.1 Å². The first-order valence-corrected chi connectivity index (χ1v) is 4.92. The van der Waals surface area contributed by atoms with E-state index in [0.717, 1.165) is 0 Å². The summed E-state index contributed by atoms with van der Waals surface area (Å²) in [6.07, 6.45) is 0. The third kappa shape index (κ3) is 2.59. The maximum Gasteiger partial charge on any atom is 0.271 e. The van der Waals surface area contributed by atoms with Crippen molar-refractivity contribution in [3.63, 3.8) is 0 Å². The Morgan fingerprint density at radius 3 is 2.87 bits per heavy atom. The van der Waals surface area contributed by atoms with Crippen LogP contribution in [0.15, 0.2) is 18.2 Å². The fourth-order valence-electron chi connectivity index (χ4n) is 1.24. The Bertz CT molecular complexity index is 353. The molecular formula is C10H14N2O3. The van der Waals surface area contributed by atoms with Crippen LogP contribution in [0.4, 0.5) is 11.4 Å². The van der Waals surface area contributed by atoms with Crippen LogP contribution in [0.5, 0.6) is 5.75 Å². The van der Waals surface area contributed by atoms with Crippen molar-refractivity contribution in [1.82, 2.24) is 0 Å². The Labute approximate surface area is 88.2 Å². The molecule has 1 aromatic carbocycles. The van der Waals surface area contributed by atoms with Gasteiger partial charge in [-0.1, -0.05) is 13.8 Å². The summed E-state index contributed by atoms with van der Waals surface area (Å²) >= 11 is 0. The number of nitro benzene ring substituents is 1. The van der Waals surface area contributed by atoms with E-state index < -0.39 is 4.92 Å². The van der Waals surface area contributed by atoms with E-state index in [2.05, 4.69) is 5.32 Å². The van der Waals surface area contributed by atoms with Gasteiger partial charge in [-0.15, -0.1) is 0 Å². The molecule has 0 saturated carbocycles. The number of rotatable bonds is 1. The highest BCUT2D eigenvalue weighted by Gasteiger charge is 2.13. The highest BCUT2D eigenvalue weighted by atomic mass is 16.6. The number of hydrogen-bond donors (Lipinski definition) is 1. The van der Waals surface area contributed by atoms with E-state index >= 15 is 0 Å². The maximum absolute atomic E-state index is 10.4. The second-order valence-corrected chi connectivity index (χ2v) is 2.71. The number of fused-ring (bicyclic) bond motifs is 1. The summed E-state index contributed by atoms with van der Waals surface area (Å²) in [5.41, 5.74) is 0.775. The summed E-state index contributed by atoms with van der Waals surface area (Å²) < 4.78 is 5.27. The molecule has 5 heteroatoms. The molecule has 2 rings (SSSR count). The third-order valence-electron chi connectivity index (χ3n) is 1.85. The van der Waals surface area contributed by atoms with E-state index in [0.29, 0.717) is 24.6 Å². The van der Waals surface area contributed by atoms with Crippen molar-refractivity contribution in [3.8, 4) is 5.75 Å². The number of non-ortho nitro benzene ring substituents is 1. The average molecular weight is 210 g/mol. The lowest BCUT2D eigenvalue weighted by molar-refractivity contribution is -0.384. The molecule has 0 radical (unpaired) electrons. The molecule has 0 atom stereocenters. The topological polar surface area (TPSA) is 64.4 Å². The lowest BCUT2D eigenvalue weighted by atomic mass is 10.2. The van der Waals surface area contributed by atoms with Gasteiger partial charge in [0, 0.05) is 18.7 Å². The highest BCUT2D eigenvalue weighted by Crippen LogP contribution is 2.30. The first-order valence-electron chi connectivity index (χ1n) is 4.92. The highest BCUT2D eigenvalue weighted by molar-refractivity contribution is 5.62. The Morgan fingerprint density at radius 1 is 1.47 bits per heavy atom. The van der Waals surface area contributed by atoms with Gasteiger partial charge < -0.3 is 10.1 Å². The predicted molar refractivity (Wildman–Crippen MR) is 58.4 cm³/mol. The summed E-state index contributed by atoms with van der Waals surface area (Å²) in [6, 6.07) is 4.53. The molecular weight excluding hydrogens is 196 g/mol. The van der Waals surface area contributed by atoms with Crippen molar-refractivity contribution in [3.05, 3.63) is 28.3 Å². The lowest BCUT2D eigenvalue weighted by Crippen LogP contribution is -2.17. The Kier molecular flexibility index (Phi) is 3.91. The van der Waals surface area contributed by atoms with E-state index in [9.17, 15) is 10.1 Å². The predicted octanol–water partition coefficient (Wildman–Crippen LogP) is 2.43. The molecule has 0 unspecified atom stereocenters. The second-order valence-electron chi connectivity index (χ2n) is 2.71. The number of anilines is 1. The summed E-state index contributed by atoms with van der Waals surface area (Å²) in [4.78, 5) is 10.0. The summed E-state index contributed by atoms with van der Waals surface area (Å²) in [7, 11) is 0. The molecule has 0 spiro atoms. The molecule has 5 nitrogen and oxygen atoms in total. The third-order valence-corrected chi connectivity index (χ3v) is 1.85. The SMILES string of the molecule is CC.O=[N+]([O-])c1ccc2c(c1)NCCO2. The number of ether oxygens (including phenoxy) is 1. The number of nitrogens with zero attached hydrogens (tertiary/aromatic N) is 1. The van der Waals surface area contributed by atoms with Gasteiger partial charge in [-0.2, -0.15) is 0 Å². The van der Waals surface area contributed by atoms with E-state index in [1.54, 1.807) is 6.07 Å². The normalized spacial score (nSPS) is 12.4. The Hall–Kier alpha value is -1.78. The van der Waals surface area contributed by atoms with Crippen LogP contribution in [-0.2, 0) is 0 Å². The molecule has 0 fully saturated rings. The molecule has 1 aliphatic heterocycles. The van der Waals surface area contributed by atoms with Crippen molar-refractivity contribution in [2.24, 2.45) is 0 Å². The van der Waals surface area contributed by atoms with Crippen LogP contribution >= 0.6 is 0 Å². The zero-order valence-electron chi connectivity index (χ0n) is 8.82. The lowest BCUT2D eigenvalue weighted by Gasteiger charge is -2.18. The molecule has 1 aromatic rings. The van der Waals surface area contributed by atoms with E-state index in [1.165, 1.54) is 12.1 Å². The zero-order valence-corrected chi connectivity index (χ0v) is 8.82. The molecule has 0 saturated heterocycles. The standard InChI is InChI=1S/C8H8N2O3.C2H6/c11-10(12)6-1-2-8-7(5-6)9-3-4-13-8;1-2/h1-2,5,9H,3-4H2;1-2H3. The quantitative estimate of drug-likeness (QED) is 0.571. The largest absolute Gasteiger partial charge is 0.490 e. The van der Waals surface area contributed by atoms with Gasteiger partial charge in [0.1, 0.15) is 12.4 Å². The molecule has 1 N–H and O–H groups in total. The van der Waals surface area contributed by atoms with Gasteiger partial charge in [-0.3, -0.25) is 10.1 Å². The number of benzene rings is 1. The first-order chi connectivity index (χ1) is 7.27. The van der Waals surface area contributed by atoms with Crippen LogP contribution in [0.25, 0.3) is 0 Å². The van der Waals surface area contributed by atoms with E-state index in [-0.39, 0.29) is 5.69 Å². The Morgan fingerprint density at radius 2 is 2.20 bits per heavy atom. The minimum Gasteiger partial charge on any atom is -0.490 e. The smallest absolute Gasteiger partial charge is 0.271 e. The van der Waals surface area contributed by atoms with Gasteiger partial charge in [0.25, 0.3) is 5.69 Å². The molecule has 1 aliphatic rings. The monoisotopic (exact) mass is 210 g/mol. The van der Waals surface area contributed by atoms with Gasteiger partial charge in [0.05, 0.1) is 10.6 Å². The molecule has 15 heavy (non-hydrogen) atoms. The zero-order chi connectivity index (χ0) is 11.3. The van der Waals surface area contributed by atoms with Crippen molar-refractivity contribution < 1.29 is 9.66 Å². The van der Waals surface area contributed by atoms with Gasteiger partial charge in [0.2, 0.25) is 0 Å². The Balaban J connectivity index is 0.000000531. The van der Waals surface area contributed by atoms with E-state index in [1.807, 2.05) is 13.8 Å². The average Bonchev–Trinajstić information content (AvgIpc) is 2.31. The molecule has 1 heterocycles.